The average Bonchev–Trinajstić information content (AvgIpc) is 2.59. The first kappa shape index (κ1) is 10.5. The number of rotatable bonds is 1. The van der Waals surface area contributed by atoms with Gasteiger partial charge in [0.05, 0.1) is 6.04 Å². The molecule has 1 aliphatic rings. The van der Waals surface area contributed by atoms with E-state index in [1.807, 2.05) is 6.07 Å². The molecule has 1 atom stereocenters. The van der Waals surface area contributed by atoms with Gasteiger partial charge in [0.2, 0.25) is 0 Å². The van der Waals surface area contributed by atoms with E-state index in [1.165, 1.54) is 6.07 Å². The van der Waals surface area contributed by atoms with E-state index in [1.54, 1.807) is 24.8 Å². The fraction of sp³-hybridized carbons (Fsp3) is 0.364. The summed E-state index contributed by atoms with van der Waals surface area (Å²) >= 11 is 1.68. The summed E-state index contributed by atoms with van der Waals surface area (Å²) in [6.45, 7) is 3.83. The molecule has 0 fully saturated rings. The van der Waals surface area contributed by atoms with Gasteiger partial charge in [-0.2, -0.15) is 0 Å². The third-order valence-electron chi connectivity index (χ3n) is 2.31. The maximum atomic E-state index is 13.2. The number of nitrogens with one attached hydrogen (secondary N) is 1. The van der Waals surface area contributed by atoms with Crippen molar-refractivity contribution in [3.05, 3.63) is 29.6 Å². The van der Waals surface area contributed by atoms with Crippen LogP contribution in [0.15, 0.2) is 23.2 Å². The van der Waals surface area contributed by atoms with Crippen LogP contribution in [-0.4, -0.2) is 17.0 Å². The standard InChI is InChI=1S/C11H13FN2S/c1-7-6-15-11(13-7)14-10-5-3-4-9(12)8(10)2/h3-5,7H,6H2,1-2H3,(H,13,14). The first-order valence-corrected chi connectivity index (χ1v) is 5.88. The summed E-state index contributed by atoms with van der Waals surface area (Å²) in [4.78, 5) is 4.40. The normalized spacial score (nSPS) is 20.2. The second-order valence-corrected chi connectivity index (χ2v) is 4.64. The molecule has 0 aromatic heterocycles. The molecule has 0 aliphatic carbocycles. The molecule has 1 unspecified atom stereocenters. The van der Waals surface area contributed by atoms with E-state index in [4.69, 9.17) is 0 Å². The van der Waals surface area contributed by atoms with Gasteiger partial charge in [-0.1, -0.05) is 17.8 Å². The highest BCUT2D eigenvalue weighted by Gasteiger charge is 2.14. The maximum absolute atomic E-state index is 13.2. The molecular weight excluding hydrogens is 211 g/mol. The maximum Gasteiger partial charge on any atom is 0.161 e. The highest BCUT2D eigenvalue weighted by Crippen LogP contribution is 2.23. The number of halogens is 1. The molecule has 80 valence electrons. The van der Waals surface area contributed by atoms with Crippen LogP contribution in [0.3, 0.4) is 0 Å². The molecule has 15 heavy (non-hydrogen) atoms. The van der Waals surface area contributed by atoms with E-state index in [0.717, 1.165) is 16.6 Å². The van der Waals surface area contributed by atoms with Crippen molar-refractivity contribution in [2.24, 2.45) is 4.99 Å². The van der Waals surface area contributed by atoms with Crippen LogP contribution in [0.25, 0.3) is 0 Å². The zero-order valence-electron chi connectivity index (χ0n) is 8.75. The first-order valence-electron chi connectivity index (χ1n) is 4.89. The molecule has 0 radical (unpaired) electrons. The highest BCUT2D eigenvalue weighted by molar-refractivity contribution is 8.14. The zero-order valence-corrected chi connectivity index (χ0v) is 9.57. The van der Waals surface area contributed by atoms with Gasteiger partial charge in [-0.3, -0.25) is 4.99 Å². The van der Waals surface area contributed by atoms with Crippen molar-refractivity contribution in [3.63, 3.8) is 0 Å². The van der Waals surface area contributed by atoms with E-state index in [0.29, 0.717) is 11.6 Å². The van der Waals surface area contributed by atoms with Crippen molar-refractivity contribution in [3.8, 4) is 0 Å². The first-order chi connectivity index (χ1) is 7.16. The minimum absolute atomic E-state index is 0.184. The molecule has 0 spiro atoms. The Bertz CT molecular complexity index is 404. The lowest BCUT2D eigenvalue weighted by molar-refractivity contribution is 0.619. The Hall–Kier alpha value is -1.03. The number of hydrogen-bond donors (Lipinski definition) is 1. The number of aliphatic imine (C=N–C) groups is 1. The predicted molar refractivity (Wildman–Crippen MR) is 64.1 cm³/mol. The second-order valence-electron chi connectivity index (χ2n) is 3.63. The van der Waals surface area contributed by atoms with Crippen LogP contribution in [0.2, 0.25) is 0 Å². The number of thioether (sulfide) groups is 1. The van der Waals surface area contributed by atoms with Crippen molar-refractivity contribution in [2.45, 2.75) is 19.9 Å². The highest BCUT2D eigenvalue weighted by atomic mass is 32.2. The van der Waals surface area contributed by atoms with Crippen molar-refractivity contribution < 1.29 is 4.39 Å². The zero-order chi connectivity index (χ0) is 10.8. The van der Waals surface area contributed by atoms with Gasteiger partial charge in [0.25, 0.3) is 0 Å². The molecule has 1 aromatic rings. The molecule has 0 amide bonds. The SMILES string of the molecule is Cc1c(F)cccc1NC1=NC(C)CS1. The lowest BCUT2D eigenvalue weighted by atomic mass is 10.2. The number of benzene rings is 1. The second kappa shape index (κ2) is 4.23. The average molecular weight is 224 g/mol. The van der Waals surface area contributed by atoms with Crippen LogP contribution in [0.5, 0.6) is 0 Å². The van der Waals surface area contributed by atoms with Gasteiger partial charge in [0.15, 0.2) is 5.17 Å². The summed E-state index contributed by atoms with van der Waals surface area (Å²) in [6.07, 6.45) is 0. The molecule has 2 nitrogen and oxygen atoms in total. The molecule has 0 bridgehead atoms. The van der Waals surface area contributed by atoms with Crippen LogP contribution in [0.4, 0.5) is 10.1 Å². The Morgan fingerprint density at radius 3 is 3.00 bits per heavy atom. The molecule has 1 aromatic carbocycles. The smallest absolute Gasteiger partial charge is 0.161 e. The van der Waals surface area contributed by atoms with Crippen LogP contribution in [0, 0.1) is 12.7 Å². The minimum Gasteiger partial charge on any atom is -0.335 e. The van der Waals surface area contributed by atoms with Crippen molar-refractivity contribution in [1.82, 2.24) is 0 Å². The van der Waals surface area contributed by atoms with Crippen LogP contribution in [-0.2, 0) is 0 Å². The van der Waals surface area contributed by atoms with Gasteiger partial charge >= 0.3 is 0 Å². The van der Waals surface area contributed by atoms with Crippen molar-refractivity contribution in [1.29, 1.82) is 0 Å². The van der Waals surface area contributed by atoms with Gasteiger partial charge < -0.3 is 5.32 Å². The third kappa shape index (κ3) is 2.31. The van der Waals surface area contributed by atoms with Gasteiger partial charge in [0, 0.05) is 17.0 Å². The number of anilines is 1. The molecule has 0 saturated heterocycles. The number of hydrogen-bond acceptors (Lipinski definition) is 3. The van der Waals surface area contributed by atoms with Crippen molar-refractivity contribution >= 4 is 22.6 Å². The fourth-order valence-electron chi connectivity index (χ4n) is 1.40. The van der Waals surface area contributed by atoms with Crippen LogP contribution >= 0.6 is 11.8 Å². The Morgan fingerprint density at radius 1 is 1.53 bits per heavy atom. The van der Waals surface area contributed by atoms with E-state index in [2.05, 4.69) is 17.2 Å². The molecule has 1 aliphatic heterocycles. The van der Waals surface area contributed by atoms with E-state index in [-0.39, 0.29) is 5.82 Å². The van der Waals surface area contributed by atoms with Gasteiger partial charge in [-0.25, -0.2) is 4.39 Å². The number of nitrogens with zero attached hydrogens (tertiary/aromatic N) is 1. The Balaban J connectivity index is 2.18. The lowest BCUT2D eigenvalue weighted by Gasteiger charge is -2.08. The van der Waals surface area contributed by atoms with Gasteiger partial charge in [-0.15, -0.1) is 0 Å². The van der Waals surface area contributed by atoms with Gasteiger partial charge in [0.1, 0.15) is 5.82 Å². The number of amidine groups is 1. The van der Waals surface area contributed by atoms with Crippen LogP contribution < -0.4 is 5.32 Å². The Morgan fingerprint density at radius 2 is 2.33 bits per heavy atom. The summed E-state index contributed by atoms with van der Waals surface area (Å²) in [5, 5.41) is 4.04. The summed E-state index contributed by atoms with van der Waals surface area (Å²) in [6, 6.07) is 5.39. The Kier molecular flexibility index (Phi) is 2.95. The predicted octanol–water partition coefficient (Wildman–Crippen LogP) is 3.04. The molecule has 0 saturated carbocycles. The monoisotopic (exact) mass is 224 g/mol. The topological polar surface area (TPSA) is 24.4 Å². The summed E-state index contributed by atoms with van der Waals surface area (Å²) in [5.74, 6) is 0.813. The van der Waals surface area contributed by atoms with E-state index in [9.17, 15) is 4.39 Å². The van der Waals surface area contributed by atoms with E-state index < -0.39 is 0 Å². The fourth-order valence-corrected chi connectivity index (χ4v) is 2.31. The summed E-state index contributed by atoms with van der Waals surface area (Å²) in [5.41, 5.74) is 1.44. The molecular formula is C11H13FN2S. The third-order valence-corrected chi connectivity index (χ3v) is 3.44. The van der Waals surface area contributed by atoms with E-state index >= 15 is 0 Å². The minimum atomic E-state index is -0.184. The summed E-state index contributed by atoms with van der Waals surface area (Å²) < 4.78 is 13.2. The quantitative estimate of drug-likeness (QED) is 0.793. The molecule has 2 rings (SSSR count). The molecule has 1 N–H and O–H groups in total. The molecule has 4 heteroatoms. The largest absolute Gasteiger partial charge is 0.335 e. The van der Waals surface area contributed by atoms with Crippen molar-refractivity contribution in [2.75, 3.05) is 11.1 Å². The van der Waals surface area contributed by atoms with Gasteiger partial charge in [-0.05, 0) is 26.0 Å². The summed E-state index contributed by atoms with van der Waals surface area (Å²) in [7, 11) is 0. The molecule has 1 heterocycles. The Labute approximate surface area is 93.0 Å². The lowest BCUT2D eigenvalue weighted by Crippen LogP contribution is -2.07. The van der Waals surface area contributed by atoms with Crippen LogP contribution in [0.1, 0.15) is 12.5 Å².